The Labute approximate surface area is 104 Å². The predicted octanol–water partition coefficient (Wildman–Crippen LogP) is 1.12. The van der Waals surface area contributed by atoms with Crippen molar-refractivity contribution in [1.29, 1.82) is 0 Å². The van der Waals surface area contributed by atoms with Crippen LogP contribution in [0.2, 0.25) is 0 Å². The molecule has 1 aromatic rings. The molecule has 0 aliphatic carbocycles. The molecule has 0 aliphatic rings. The van der Waals surface area contributed by atoms with Gasteiger partial charge in [0.25, 0.3) is 0 Å². The number of hydrogen-bond acceptors (Lipinski definition) is 4. The number of nitrogen functional groups attached to an aromatic ring is 1. The Morgan fingerprint density at radius 1 is 1.35 bits per heavy atom. The minimum absolute atomic E-state index is 0.658. The Bertz CT molecular complexity index is 343. The maximum absolute atomic E-state index is 5.90. The molecule has 1 unspecified atom stereocenters. The van der Waals surface area contributed by atoms with Crippen LogP contribution in [0.15, 0.2) is 6.20 Å². The Morgan fingerprint density at radius 3 is 2.53 bits per heavy atom. The van der Waals surface area contributed by atoms with Crippen LogP contribution in [-0.4, -0.2) is 49.4 Å². The van der Waals surface area contributed by atoms with Gasteiger partial charge in [-0.15, -0.1) is 0 Å². The zero-order valence-electron chi connectivity index (χ0n) is 11.6. The number of nitrogens with two attached hydrogens (primary N) is 1. The molecule has 5 nitrogen and oxygen atoms in total. The molecule has 17 heavy (non-hydrogen) atoms. The number of aromatic nitrogens is 2. The van der Waals surface area contributed by atoms with Gasteiger partial charge in [0.1, 0.15) is 5.82 Å². The second kappa shape index (κ2) is 5.91. The fourth-order valence-electron chi connectivity index (χ4n) is 2.10. The number of anilines is 2. The van der Waals surface area contributed by atoms with Crippen molar-refractivity contribution in [2.24, 2.45) is 5.92 Å². The van der Waals surface area contributed by atoms with Crippen LogP contribution in [-0.2, 0) is 6.54 Å². The monoisotopic (exact) mass is 239 g/mol. The highest BCUT2D eigenvalue weighted by Crippen LogP contribution is 2.21. The molecule has 5 heteroatoms. The highest BCUT2D eigenvalue weighted by atomic mass is 15.4. The Balaban J connectivity index is 2.57. The molecule has 0 amide bonds. The van der Waals surface area contributed by atoms with E-state index < -0.39 is 0 Å². The molecule has 0 fully saturated rings. The number of nitrogens with zero attached hydrogens (tertiary/aromatic N) is 4. The maximum atomic E-state index is 5.90. The van der Waals surface area contributed by atoms with Crippen LogP contribution < -0.4 is 10.6 Å². The lowest BCUT2D eigenvalue weighted by Crippen LogP contribution is -2.22. The summed E-state index contributed by atoms with van der Waals surface area (Å²) in [6, 6.07) is 0. The first-order chi connectivity index (χ1) is 7.91. The lowest BCUT2D eigenvalue weighted by Gasteiger charge is -2.19. The van der Waals surface area contributed by atoms with Gasteiger partial charge in [-0.2, -0.15) is 5.10 Å². The third-order valence-electron chi connectivity index (χ3n) is 2.77. The van der Waals surface area contributed by atoms with E-state index in [9.17, 15) is 0 Å². The van der Waals surface area contributed by atoms with Gasteiger partial charge in [0.05, 0.1) is 11.9 Å². The molecule has 0 aliphatic heterocycles. The van der Waals surface area contributed by atoms with Crippen LogP contribution in [0.3, 0.4) is 0 Å². The number of aryl methyl sites for hydroxylation is 1. The van der Waals surface area contributed by atoms with Crippen molar-refractivity contribution in [3.63, 3.8) is 0 Å². The first-order valence-electron chi connectivity index (χ1n) is 6.05. The van der Waals surface area contributed by atoms with E-state index in [0.717, 1.165) is 31.0 Å². The summed E-state index contributed by atoms with van der Waals surface area (Å²) in [5, 5.41) is 4.32. The van der Waals surface area contributed by atoms with E-state index in [1.807, 2.05) is 23.7 Å². The molecule has 0 saturated carbocycles. The molecule has 1 heterocycles. The summed E-state index contributed by atoms with van der Waals surface area (Å²) >= 11 is 0. The van der Waals surface area contributed by atoms with Crippen LogP contribution >= 0.6 is 0 Å². The minimum atomic E-state index is 0.658. The third-order valence-corrected chi connectivity index (χ3v) is 2.77. The molecule has 1 rings (SSSR count). The average molecular weight is 239 g/mol. The van der Waals surface area contributed by atoms with Crippen LogP contribution in [0.25, 0.3) is 0 Å². The average Bonchev–Trinajstić information content (AvgIpc) is 2.55. The van der Waals surface area contributed by atoms with E-state index in [0.29, 0.717) is 5.92 Å². The molecule has 1 atom stereocenters. The molecule has 98 valence electrons. The Kier molecular flexibility index (Phi) is 4.81. The maximum Gasteiger partial charge on any atom is 0.149 e. The van der Waals surface area contributed by atoms with Crippen LogP contribution in [0.1, 0.15) is 13.3 Å². The summed E-state index contributed by atoms with van der Waals surface area (Å²) in [4.78, 5) is 4.23. The standard InChI is InChI=1S/C12H25N5/c1-10(9-15(2)3)6-7-17-12(16(4)5)11(13)8-14-17/h8,10H,6-7,9,13H2,1-5H3. The van der Waals surface area contributed by atoms with Crippen molar-refractivity contribution in [3.8, 4) is 0 Å². The van der Waals surface area contributed by atoms with E-state index in [1.165, 1.54) is 0 Å². The summed E-state index contributed by atoms with van der Waals surface area (Å²) in [7, 11) is 8.20. The minimum Gasteiger partial charge on any atom is -0.394 e. The lowest BCUT2D eigenvalue weighted by molar-refractivity contribution is 0.315. The van der Waals surface area contributed by atoms with Gasteiger partial charge in [0, 0.05) is 27.2 Å². The highest BCUT2D eigenvalue weighted by Gasteiger charge is 2.11. The van der Waals surface area contributed by atoms with E-state index in [2.05, 4.69) is 31.0 Å². The van der Waals surface area contributed by atoms with Gasteiger partial charge in [-0.3, -0.25) is 0 Å². The largest absolute Gasteiger partial charge is 0.394 e. The lowest BCUT2D eigenvalue weighted by atomic mass is 10.1. The van der Waals surface area contributed by atoms with Gasteiger partial charge in [-0.05, 0) is 26.4 Å². The van der Waals surface area contributed by atoms with Crippen molar-refractivity contribution >= 4 is 11.5 Å². The fourth-order valence-corrected chi connectivity index (χ4v) is 2.10. The topological polar surface area (TPSA) is 50.3 Å². The van der Waals surface area contributed by atoms with E-state index >= 15 is 0 Å². The Morgan fingerprint density at radius 2 is 2.00 bits per heavy atom. The molecule has 0 aromatic carbocycles. The highest BCUT2D eigenvalue weighted by molar-refractivity contribution is 5.61. The zero-order chi connectivity index (χ0) is 13.0. The molecule has 0 spiro atoms. The third kappa shape index (κ3) is 3.93. The van der Waals surface area contributed by atoms with Crippen LogP contribution in [0.5, 0.6) is 0 Å². The van der Waals surface area contributed by atoms with Crippen LogP contribution in [0.4, 0.5) is 11.5 Å². The van der Waals surface area contributed by atoms with Gasteiger partial charge in [-0.25, -0.2) is 4.68 Å². The van der Waals surface area contributed by atoms with Gasteiger partial charge in [0.15, 0.2) is 0 Å². The second-order valence-corrected chi connectivity index (χ2v) is 5.20. The number of rotatable bonds is 6. The first-order valence-corrected chi connectivity index (χ1v) is 6.05. The van der Waals surface area contributed by atoms with E-state index in [1.54, 1.807) is 6.20 Å². The number of hydrogen-bond donors (Lipinski definition) is 1. The quantitative estimate of drug-likeness (QED) is 0.808. The molecule has 1 aromatic heterocycles. The van der Waals surface area contributed by atoms with Crippen molar-refractivity contribution < 1.29 is 0 Å². The molecular formula is C12H25N5. The van der Waals surface area contributed by atoms with Gasteiger partial charge in [-0.1, -0.05) is 6.92 Å². The Hall–Kier alpha value is -1.23. The molecular weight excluding hydrogens is 214 g/mol. The zero-order valence-corrected chi connectivity index (χ0v) is 11.6. The molecule has 0 bridgehead atoms. The van der Waals surface area contributed by atoms with Crippen molar-refractivity contribution in [2.45, 2.75) is 19.9 Å². The SMILES string of the molecule is CC(CCn1ncc(N)c1N(C)C)CN(C)C. The first kappa shape index (κ1) is 13.8. The molecule has 0 saturated heterocycles. The van der Waals surface area contributed by atoms with Crippen molar-refractivity contribution in [1.82, 2.24) is 14.7 Å². The summed E-state index contributed by atoms with van der Waals surface area (Å²) < 4.78 is 1.99. The van der Waals surface area contributed by atoms with Crippen molar-refractivity contribution in [2.75, 3.05) is 45.4 Å². The van der Waals surface area contributed by atoms with Gasteiger partial charge < -0.3 is 15.5 Å². The van der Waals surface area contributed by atoms with Crippen LogP contribution in [0, 0.1) is 5.92 Å². The normalized spacial score (nSPS) is 13.1. The van der Waals surface area contributed by atoms with Crippen molar-refractivity contribution in [3.05, 3.63) is 6.20 Å². The molecule has 0 radical (unpaired) electrons. The van der Waals surface area contributed by atoms with Gasteiger partial charge >= 0.3 is 0 Å². The second-order valence-electron chi connectivity index (χ2n) is 5.20. The van der Waals surface area contributed by atoms with E-state index in [4.69, 9.17) is 5.73 Å². The summed E-state index contributed by atoms with van der Waals surface area (Å²) in [6.45, 7) is 4.29. The van der Waals surface area contributed by atoms with Gasteiger partial charge in [0.2, 0.25) is 0 Å². The summed E-state index contributed by atoms with van der Waals surface area (Å²) in [5.41, 5.74) is 6.64. The summed E-state index contributed by atoms with van der Waals surface area (Å²) in [6.07, 6.45) is 2.84. The fraction of sp³-hybridized carbons (Fsp3) is 0.750. The predicted molar refractivity (Wildman–Crippen MR) is 73.3 cm³/mol. The molecule has 2 N–H and O–H groups in total. The summed E-state index contributed by atoms with van der Waals surface area (Å²) in [5.74, 6) is 1.66. The van der Waals surface area contributed by atoms with E-state index in [-0.39, 0.29) is 0 Å². The smallest absolute Gasteiger partial charge is 0.149 e.